The fraction of sp³-hybridized carbons (Fsp3) is 0.514. The van der Waals surface area contributed by atoms with Gasteiger partial charge in [-0.3, -0.25) is 4.98 Å². The topological polar surface area (TPSA) is 56.8 Å². The SMILES string of the molecule is CN1Cc2ccccc2C(C2CCCC2)(C2CCN(CC3CN(c4ccc(S(=O)(=O)c5ccncc5)cc4)C3)CC2)C1. The van der Waals surface area contributed by atoms with Crippen LogP contribution in [0.2, 0.25) is 0 Å². The zero-order chi connectivity index (χ0) is 28.7. The first kappa shape index (κ1) is 28.1. The number of likely N-dealkylation sites (tertiary alicyclic amines) is 1. The van der Waals surface area contributed by atoms with Gasteiger partial charge in [0.2, 0.25) is 9.84 Å². The Morgan fingerprint density at radius 2 is 1.48 bits per heavy atom. The molecule has 1 saturated carbocycles. The highest BCUT2D eigenvalue weighted by Crippen LogP contribution is 2.53. The van der Waals surface area contributed by atoms with Gasteiger partial charge in [0.15, 0.2) is 0 Å². The Labute approximate surface area is 251 Å². The second-order valence-corrected chi connectivity index (χ2v) is 15.3. The van der Waals surface area contributed by atoms with Gasteiger partial charge < -0.3 is 14.7 Å². The van der Waals surface area contributed by atoms with Crippen LogP contribution in [0.25, 0.3) is 0 Å². The van der Waals surface area contributed by atoms with E-state index in [4.69, 9.17) is 0 Å². The molecule has 3 aliphatic heterocycles. The van der Waals surface area contributed by atoms with Crippen molar-refractivity contribution in [1.29, 1.82) is 0 Å². The second-order valence-electron chi connectivity index (χ2n) is 13.4. The lowest BCUT2D eigenvalue weighted by Crippen LogP contribution is -2.56. The number of nitrogens with zero attached hydrogens (tertiary/aromatic N) is 4. The van der Waals surface area contributed by atoms with Crippen LogP contribution in [0.1, 0.15) is 49.7 Å². The number of piperidine rings is 1. The van der Waals surface area contributed by atoms with E-state index in [9.17, 15) is 8.42 Å². The normalized spacial score (nSPS) is 24.9. The maximum absolute atomic E-state index is 12.9. The lowest BCUT2D eigenvalue weighted by atomic mass is 9.57. The number of hydrogen-bond acceptors (Lipinski definition) is 6. The van der Waals surface area contributed by atoms with Crippen molar-refractivity contribution in [3.05, 3.63) is 84.2 Å². The highest BCUT2D eigenvalue weighted by molar-refractivity contribution is 7.91. The Bertz CT molecular complexity index is 1470. The van der Waals surface area contributed by atoms with Crippen molar-refractivity contribution in [3.8, 4) is 0 Å². The van der Waals surface area contributed by atoms with Gasteiger partial charge in [-0.1, -0.05) is 37.1 Å². The Hall–Kier alpha value is -2.74. The summed E-state index contributed by atoms with van der Waals surface area (Å²) >= 11 is 0. The Morgan fingerprint density at radius 3 is 2.19 bits per heavy atom. The van der Waals surface area contributed by atoms with Crippen LogP contribution in [0.4, 0.5) is 5.69 Å². The third-order valence-electron chi connectivity index (χ3n) is 10.8. The van der Waals surface area contributed by atoms with Gasteiger partial charge in [-0.05, 0) is 105 Å². The minimum Gasteiger partial charge on any atom is -0.371 e. The number of hydrogen-bond donors (Lipinski definition) is 0. The maximum atomic E-state index is 12.9. The van der Waals surface area contributed by atoms with Crippen LogP contribution < -0.4 is 4.90 Å². The number of anilines is 1. The minimum absolute atomic E-state index is 0.284. The fourth-order valence-electron chi connectivity index (χ4n) is 8.84. The molecular weight excluding hydrogens is 540 g/mol. The molecule has 7 rings (SSSR count). The van der Waals surface area contributed by atoms with E-state index in [1.165, 1.54) is 77.1 Å². The number of benzene rings is 2. The first-order valence-corrected chi connectivity index (χ1v) is 17.4. The molecule has 3 aromatic rings. The summed E-state index contributed by atoms with van der Waals surface area (Å²) in [5, 5.41) is 0. The molecule has 2 aromatic carbocycles. The number of likely N-dealkylation sites (N-methyl/N-ethyl adjacent to an activating group) is 1. The van der Waals surface area contributed by atoms with E-state index >= 15 is 0 Å². The molecule has 42 heavy (non-hydrogen) atoms. The van der Waals surface area contributed by atoms with Crippen LogP contribution in [0, 0.1) is 17.8 Å². The quantitative estimate of drug-likeness (QED) is 0.359. The number of rotatable bonds is 7. The smallest absolute Gasteiger partial charge is 0.206 e. The molecule has 1 aromatic heterocycles. The molecule has 0 radical (unpaired) electrons. The van der Waals surface area contributed by atoms with E-state index in [1.54, 1.807) is 35.4 Å². The van der Waals surface area contributed by atoms with Gasteiger partial charge in [0.25, 0.3) is 0 Å². The largest absolute Gasteiger partial charge is 0.371 e. The van der Waals surface area contributed by atoms with E-state index < -0.39 is 9.84 Å². The highest BCUT2D eigenvalue weighted by atomic mass is 32.2. The lowest BCUT2D eigenvalue weighted by Gasteiger charge is -2.54. The summed E-state index contributed by atoms with van der Waals surface area (Å²) in [5.41, 5.74) is 4.68. The number of pyridine rings is 1. The van der Waals surface area contributed by atoms with Crippen molar-refractivity contribution in [2.24, 2.45) is 17.8 Å². The van der Waals surface area contributed by atoms with E-state index in [-0.39, 0.29) is 4.90 Å². The lowest BCUT2D eigenvalue weighted by molar-refractivity contribution is 0.0420. The number of sulfone groups is 1. The third kappa shape index (κ3) is 5.07. The molecule has 6 nitrogen and oxygen atoms in total. The van der Waals surface area contributed by atoms with Crippen molar-refractivity contribution in [3.63, 3.8) is 0 Å². The average Bonchev–Trinajstić information content (AvgIpc) is 3.55. The van der Waals surface area contributed by atoms with Crippen LogP contribution in [0.3, 0.4) is 0 Å². The number of fused-ring (bicyclic) bond motifs is 1. The Kier molecular flexibility index (Phi) is 7.61. The molecule has 4 heterocycles. The van der Waals surface area contributed by atoms with E-state index in [0.29, 0.717) is 16.2 Å². The molecule has 0 bridgehead atoms. The standard InChI is InChI=1S/C35H44N4O2S/c1-37-25-28-6-2-5-9-34(28)35(26-37,29-7-3-4-8-29)30-16-20-38(21-17-30)22-27-23-39(24-27)31-10-12-32(13-11-31)42(40,41)33-14-18-36-19-15-33/h2,5-6,9-15,18-19,27,29-30H,3-4,7-8,16-17,20-26H2,1H3. The molecule has 0 amide bonds. The van der Waals surface area contributed by atoms with Crippen molar-refractivity contribution in [2.75, 3.05) is 51.2 Å². The first-order valence-electron chi connectivity index (χ1n) is 15.9. The molecule has 222 valence electrons. The van der Waals surface area contributed by atoms with Gasteiger partial charge in [-0.2, -0.15) is 0 Å². The van der Waals surface area contributed by atoms with Crippen LogP contribution >= 0.6 is 0 Å². The maximum Gasteiger partial charge on any atom is 0.206 e. The molecule has 3 fully saturated rings. The second kappa shape index (κ2) is 11.4. The zero-order valence-corrected chi connectivity index (χ0v) is 25.7. The van der Waals surface area contributed by atoms with Crippen LogP contribution in [-0.2, 0) is 21.8 Å². The molecular formula is C35H44N4O2S. The van der Waals surface area contributed by atoms with Crippen molar-refractivity contribution < 1.29 is 8.42 Å². The van der Waals surface area contributed by atoms with Crippen LogP contribution in [-0.4, -0.2) is 69.5 Å². The van der Waals surface area contributed by atoms with Gasteiger partial charge in [0, 0.05) is 62.1 Å². The third-order valence-corrected chi connectivity index (χ3v) is 12.6. The summed E-state index contributed by atoms with van der Waals surface area (Å²) < 4.78 is 25.8. The summed E-state index contributed by atoms with van der Waals surface area (Å²) in [5.74, 6) is 2.26. The van der Waals surface area contributed by atoms with Crippen LogP contribution in [0.15, 0.2) is 82.8 Å². The van der Waals surface area contributed by atoms with Gasteiger partial charge in [-0.15, -0.1) is 0 Å². The molecule has 1 aliphatic carbocycles. The fourth-order valence-corrected chi connectivity index (χ4v) is 10.1. The summed E-state index contributed by atoms with van der Waals surface area (Å²) in [6.07, 6.45) is 11.3. The number of aromatic nitrogens is 1. The summed E-state index contributed by atoms with van der Waals surface area (Å²) in [4.78, 5) is 12.3. The van der Waals surface area contributed by atoms with E-state index in [1.807, 2.05) is 12.1 Å². The highest BCUT2D eigenvalue weighted by Gasteiger charge is 2.51. The van der Waals surface area contributed by atoms with Gasteiger partial charge >= 0.3 is 0 Å². The average molecular weight is 585 g/mol. The first-order chi connectivity index (χ1) is 20.4. The van der Waals surface area contributed by atoms with E-state index in [2.05, 4.69) is 51.0 Å². The summed E-state index contributed by atoms with van der Waals surface area (Å²) in [7, 11) is -1.17. The monoisotopic (exact) mass is 584 g/mol. The van der Waals surface area contributed by atoms with Gasteiger partial charge in [0.1, 0.15) is 0 Å². The molecule has 0 spiro atoms. The summed E-state index contributed by atoms with van der Waals surface area (Å²) in [6, 6.07) is 19.9. The molecule has 1 atom stereocenters. The molecule has 1 unspecified atom stereocenters. The molecule has 2 saturated heterocycles. The molecule has 0 N–H and O–H groups in total. The summed E-state index contributed by atoms with van der Waals surface area (Å²) in [6.45, 7) is 7.99. The Morgan fingerprint density at radius 1 is 0.833 bits per heavy atom. The van der Waals surface area contributed by atoms with Crippen molar-refractivity contribution in [2.45, 2.75) is 60.3 Å². The minimum atomic E-state index is -3.51. The van der Waals surface area contributed by atoms with Gasteiger partial charge in [-0.25, -0.2) is 8.42 Å². The zero-order valence-electron chi connectivity index (χ0n) is 24.9. The predicted molar refractivity (Wildman–Crippen MR) is 167 cm³/mol. The van der Waals surface area contributed by atoms with Crippen LogP contribution in [0.5, 0.6) is 0 Å². The predicted octanol–water partition coefficient (Wildman–Crippen LogP) is 5.64. The molecule has 7 heteroatoms. The van der Waals surface area contributed by atoms with E-state index in [0.717, 1.165) is 37.2 Å². The van der Waals surface area contributed by atoms with Crippen molar-refractivity contribution in [1.82, 2.24) is 14.8 Å². The molecule has 4 aliphatic rings. The Balaban J connectivity index is 0.964. The van der Waals surface area contributed by atoms with Gasteiger partial charge in [0.05, 0.1) is 9.79 Å². The van der Waals surface area contributed by atoms with Crippen molar-refractivity contribution >= 4 is 15.5 Å².